The Balaban J connectivity index is 1.00. The van der Waals surface area contributed by atoms with Gasteiger partial charge in [0, 0.05) is 5.56 Å². The summed E-state index contributed by atoms with van der Waals surface area (Å²) in [5.41, 5.74) is 6.89. The summed E-state index contributed by atoms with van der Waals surface area (Å²) in [6.07, 6.45) is 9.10. The Bertz CT molecular complexity index is 3110. The molecular weight excluding hydrogens is 1060 g/mol. The Kier molecular flexibility index (Phi) is 14.3. The molecule has 1 fully saturated rings. The van der Waals surface area contributed by atoms with Crippen LogP contribution >= 0.6 is 0 Å². The van der Waals surface area contributed by atoms with Gasteiger partial charge in [-0.25, -0.2) is 0 Å². The fourth-order valence-corrected chi connectivity index (χ4v) is 31.2. The first kappa shape index (κ1) is 52.9. The van der Waals surface area contributed by atoms with Crippen LogP contribution in [0, 0.1) is 6.92 Å². The zero-order valence-electron chi connectivity index (χ0n) is 46.9. The third-order valence-corrected chi connectivity index (χ3v) is 35.8. The molecule has 0 N–H and O–H groups in total. The van der Waals surface area contributed by atoms with Gasteiger partial charge in [-0.2, -0.15) is 0 Å². The Morgan fingerprint density at radius 2 is 0.870 bits per heavy atom. The van der Waals surface area contributed by atoms with E-state index in [1.54, 1.807) is 0 Å². The van der Waals surface area contributed by atoms with E-state index in [0.717, 1.165) is 70.8 Å². The molecule has 0 aromatic heterocycles. The summed E-state index contributed by atoms with van der Waals surface area (Å²) in [6.45, 7) is 21.5. The second-order valence-corrected chi connectivity index (χ2v) is 39.8. The van der Waals surface area contributed by atoms with Gasteiger partial charge in [0.2, 0.25) is 0 Å². The van der Waals surface area contributed by atoms with E-state index in [2.05, 4.69) is 290 Å². The van der Waals surface area contributed by atoms with Gasteiger partial charge in [-0.05, 0) is 22.5 Å². The number of hydrogen-bond donors (Lipinski definition) is 0. The Morgan fingerprint density at radius 1 is 0.481 bits per heavy atom. The van der Waals surface area contributed by atoms with E-state index >= 15 is 0 Å². The number of benzene rings is 8. The molecule has 4 nitrogen and oxygen atoms in total. The van der Waals surface area contributed by atoms with Crippen molar-refractivity contribution in [2.24, 2.45) is 0 Å². The van der Waals surface area contributed by atoms with Gasteiger partial charge in [-0.15, -0.1) is 0 Å². The van der Waals surface area contributed by atoms with Crippen LogP contribution < -0.4 is 35.6 Å². The Labute approximate surface area is 465 Å². The maximum atomic E-state index is 7.50. The number of ether oxygens (including phenoxy) is 2. The molecule has 8 aromatic carbocycles. The van der Waals surface area contributed by atoms with Crippen LogP contribution in [0.2, 0.25) is 10.4 Å². The first-order chi connectivity index (χ1) is 37.0. The van der Waals surface area contributed by atoms with Gasteiger partial charge in [0.1, 0.15) is 0 Å². The van der Waals surface area contributed by atoms with Crippen LogP contribution in [0.4, 0.5) is 0 Å². The second kappa shape index (κ2) is 20.9. The normalized spacial score (nSPS) is 16.8. The first-order valence-corrected chi connectivity index (χ1v) is 36.4. The zero-order chi connectivity index (χ0) is 53.6. The second-order valence-electron chi connectivity index (χ2n) is 24.6. The molecule has 6 heteroatoms. The van der Waals surface area contributed by atoms with Gasteiger partial charge in [-0.1, -0.05) is 47.6 Å². The van der Waals surface area contributed by atoms with Gasteiger partial charge in [0.25, 0.3) is 0 Å². The van der Waals surface area contributed by atoms with Crippen molar-refractivity contribution < 1.29 is 18.6 Å². The first-order valence-electron chi connectivity index (χ1n) is 28.1. The molecule has 0 bridgehead atoms. The summed E-state index contributed by atoms with van der Waals surface area (Å²) in [4.78, 5) is 0. The SMILES string of the molecule is Cc1cc(C(CCC[As+](c2ccccc2)(c2ccccc2)c2ccccc2)CCC[As+](c2ccccc2)(c2ccccc2)c2ccccc2)cc2c1OC13Oc4c(cc(C(C)(C)C)cc4C(C)(C)C)C=[N+]1C(C)(C)C[N+]3=C2. The van der Waals surface area contributed by atoms with Gasteiger partial charge < -0.3 is 0 Å². The zero-order valence-corrected chi connectivity index (χ0v) is 50.7. The molecule has 8 aromatic rings. The molecule has 3 aliphatic rings. The van der Waals surface area contributed by atoms with Crippen molar-refractivity contribution in [3.8, 4) is 11.5 Å². The quantitative estimate of drug-likeness (QED) is 0.0755. The summed E-state index contributed by atoms with van der Waals surface area (Å²) < 4.78 is 28.7. The Morgan fingerprint density at radius 3 is 1.26 bits per heavy atom. The Hall–Kier alpha value is -6.18. The topological polar surface area (TPSA) is 24.5 Å². The van der Waals surface area contributed by atoms with Crippen molar-refractivity contribution in [3.63, 3.8) is 0 Å². The van der Waals surface area contributed by atoms with E-state index in [-0.39, 0.29) is 16.4 Å². The van der Waals surface area contributed by atoms with E-state index < -0.39 is 33.1 Å². The predicted molar refractivity (Wildman–Crippen MR) is 328 cm³/mol. The van der Waals surface area contributed by atoms with Crippen molar-refractivity contribution in [2.45, 2.75) is 127 Å². The molecule has 1 spiro atoms. The van der Waals surface area contributed by atoms with E-state index in [9.17, 15) is 0 Å². The molecule has 0 radical (unpaired) electrons. The minimum atomic E-state index is -2.97. The fraction of sp³-hybridized carbons (Fsp3) is 0.296. The van der Waals surface area contributed by atoms with Crippen molar-refractivity contribution in [2.75, 3.05) is 6.54 Å². The summed E-state index contributed by atoms with van der Waals surface area (Å²) in [5.74, 6) is 2.15. The molecule has 0 amide bonds. The third kappa shape index (κ3) is 9.82. The fourth-order valence-electron chi connectivity index (χ4n) is 12.9. The van der Waals surface area contributed by atoms with Gasteiger partial charge in [0.15, 0.2) is 0 Å². The molecule has 11 rings (SSSR count). The molecule has 3 heterocycles. The van der Waals surface area contributed by atoms with Crippen LogP contribution in [0.1, 0.15) is 120 Å². The number of hydrogen-bond acceptors (Lipinski definition) is 2. The molecule has 1 unspecified atom stereocenters. The summed E-state index contributed by atoms with van der Waals surface area (Å²) >= 11 is -5.95. The van der Waals surface area contributed by atoms with Crippen LogP contribution in [0.5, 0.6) is 11.5 Å². The average molecular weight is 1140 g/mol. The minimum absolute atomic E-state index is 0.0142. The molecular formula is C71H78As2N2O2+4. The number of nitrogens with zero attached hydrogens (tertiary/aromatic N) is 2. The van der Waals surface area contributed by atoms with Crippen LogP contribution in [0.15, 0.2) is 206 Å². The molecule has 1 atom stereocenters. The summed E-state index contributed by atoms with van der Waals surface area (Å²) in [7, 11) is 0. The number of rotatable bonds is 15. The monoisotopic (exact) mass is 1140 g/mol. The van der Waals surface area contributed by atoms with E-state index in [4.69, 9.17) is 9.47 Å². The maximum absolute atomic E-state index is 7.50. The van der Waals surface area contributed by atoms with Crippen LogP contribution in [0.25, 0.3) is 0 Å². The van der Waals surface area contributed by atoms with Crippen LogP contribution in [-0.4, -0.2) is 66.8 Å². The molecule has 0 saturated carbocycles. The van der Waals surface area contributed by atoms with Crippen LogP contribution in [0.3, 0.4) is 0 Å². The van der Waals surface area contributed by atoms with Gasteiger partial charge in [0.05, 0.1) is 5.56 Å². The molecule has 1 saturated heterocycles. The molecule has 0 aliphatic carbocycles. The van der Waals surface area contributed by atoms with Gasteiger partial charge >= 0.3 is 387 Å². The van der Waals surface area contributed by atoms with E-state index in [1.807, 2.05) is 0 Å². The summed E-state index contributed by atoms with van der Waals surface area (Å²) in [6, 6.07) is 77.7. The number of aryl methyl sites for hydroxylation is 1. The van der Waals surface area contributed by atoms with Crippen molar-refractivity contribution >= 4 is 65.6 Å². The number of fused-ring (bicyclic) bond motifs is 2. The standard InChI is InChI=1S/C71H78As2N2O2/c1-53-46-55(47-56-50-74-52-70(8,9)75-51-57-48-58(68(2,3)4)49-65(69(5,6)7)67(57)77-71(74,75)76-66(53)56)54(30-28-44-72(59-32-16-10-17-33-59,60-34-18-11-19-35-60)61-36-20-12-21-37-61)31-29-45-73(62-38-22-13-23-39-62,63-40-24-14-25-41-63)64-42-26-15-27-43-64/h10-27,32-43,46-51,54H,28-31,44-45,52H2,1-9H3/q+4. The molecule has 390 valence electrons. The van der Waals surface area contributed by atoms with Crippen molar-refractivity contribution in [1.82, 2.24) is 0 Å². The summed E-state index contributed by atoms with van der Waals surface area (Å²) in [5, 5.41) is 2.30. The predicted octanol–water partition coefficient (Wildman–Crippen LogP) is 12.3. The third-order valence-electron chi connectivity index (χ3n) is 16.8. The average Bonchev–Trinajstić information content (AvgIpc) is 3.78. The van der Waals surface area contributed by atoms with Crippen LogP contribution in [-0.2, 0) is 10.8 Å². The van der Waals surface area contributed by atoms with E-state index in [0.29, 0.717) is 5.92 Å². The molecule has 77 heavy (non-hydrogen) atoms. The van der Waals surface area contributed by atoms with Gasteiger partial charge in [-0.3, -0.25) is 0 Å². The molecule has 3 aliphatic heterocycles. The van der Waals surface area contributed by atoms with Crippen molar-refractivity contribution in [1.29, 1.82) is 0 Å². The van der Waals surface area contributed by atoms with Crippen molar-refractivity contribution in [3.05, 3.63) is 240 Å². The van der Waals surface area contributed by atoms with E-state index in [1.165, 1.54) is 42.8 Å².